The fraction of sp³-hybridized carbons (Fsp3) is 0.207. The molecule has 1 saturated carbocycles. The Hall–Kier alpha value is -2.03. The Labute approximate surface area is 216 Å². The van der Waals surface area contributed by atoms with Crippen LogP contribution in [-0.4, -0.2) is 15.5 Å². The summed E-state index contributed by atoms with van der Waals surface area (Å²) < 4.78 is 0. The lowest BCUT2D eigenvalue weighted by molar-refractivity contribution is -0.119. The summed E-state index contributed by atoms with van der Waals surface area (Å²) >= 11 is 27.8. The van der Waals surface area contributed by atoms with Gasteiger partial charge in [-0.15, -0.1) is 23.2 Å². The summed E-state index contributed by atoms with van der Waals surface area (Å²) in [5.41, 5.74) is 4.87. The molecule has 5 aliphatic rings. The standard InChI is InChI=1S/C29H16Cl4O/c30-25-26(31)29(33)24-22-18-10-14-6-2-1-5-13(14)9-17(18)21(23(24)28(25,32)27(29)34)19-11-15-7-3-4-8-16(15)12-20(19)22/h1-12,21-24H. The maximum Gasteiger partial charge on any atom is 0.186 e. The molecule has 1 nitrogen and oxygen atoms in total. The van der Waals surface area contributed by atoms with Gasteiger partial charge in [0.05, 0.1) is 10.1 Å². The van der Waals surface area contributed by atoms with Crippen LogP contribution in [0.15, 0.2) is 82.9 Å². The molecule has 0 amide bonds. The first-order chi connectivity index (χ1) is 16.4. The van der Waals surface area contributed by atoms with Gasteiger partial charge in [0, 0.05) is 23.7 Å². The molecule has 0 heterocycles. The number of alkyl halides is 2. The van der Waals surface area contributed by atoms with E-state index in [1.165, 1.54) is 43.8 Å². The van der Waals surface area contributed by atoms with Crippen molar-refractivity contribution in [1.82, 2.24) is 0 Å². The highest BCUT2D eigenvalue weighted by Crippen LogP contribution is 2.76. The average Bonchev–Trinajstić information content (AvgIpc) is 3.12. The van der Waals surface area contributed by atoms with Gasteiger partial charge in [0.2, 0.25) is 0 Å². The number of hydrogen-bond acceptors (Lipinski definition) is 1. The maximum atomic E-state index is 13.8. The molecule has 5 aliphatic carbocycles. The van der Waals surface area contributed by atoms with Gasteiger partial charge in [-0.25, -0.2) is 0 Å². The Morgan fingerprint density at radius 1 is 0.559 bits per heavy atom. The first kappa shape index (κ1) is 20.2. The quantitative estimate of drug-likeness (QED) is 0.214. The molecular formula is C29H16Cl4O. The van der Waals surface area contributed by atoms with E-state index in [4.69, 9.17) is 46.4 Å². The fourth-order valence-electron chi connectivity index (χ4n) is 7.49. The van der Waals surface area contributed by atoms with Crippen molar-refractivity contribution in [3.05, 3.63) is 105 Å². The van der Waals surface area contributed by atoms with Gasteiger partial charge in [-0.3, -0.25) is 4.79 Å². The van der Waals surface area contributed by atoms with E-state index in [0.717, 1.165) is 0 Å². The lowest BCUT2D eigenvalue weighted by Crippen LogP contribution is -2.50. The van der Waals surface area contributed by atoms with Gasteiger partial charge in [-0.05, 0) is 43.8 Å². The van der Waals surface area contributed by atoms with Gasteiger partial charge in [0.25, 0.3) is 0 Å². The number of ketones is 1. The molecule has 0 aromatic heterocycles. The van der Waals surface area contributed by atoms with Crippen LogP contribution >= 0.6 is 46.4 Å². The number of Topliss-reactive ketones (excluding diaryl/α,β-unsaturated/α-hetero) is 1. The summed E-state index contributed by atoms with van der Waals surface area (Å²) in [5, 5.41) is 5.10. The highest BCUT2D eigenvalue weighted by atomic mass is 35.5. The van der Waals surface area contributed by atoms with E-state index >= 15 is 0 Å². The van der Waals surface area contributed by atoms with E-state index in [9.17, 15) is 4.79 Å². The summed E-state index contributed by atoms with van der Waals surface area (Å²) in [6.45, 7) is 0. The molecule has 9 rings (SSSR count). The number of allylic oxidation sites excluding steroid dienone is 2. The predicted molar refractivity (Wildman–Crippen MR) is 139 cm³/mol. The van der Waals surface area contributed by atoms with Crippen molar-refractivity contribution in [3.63, 3.8) is 0 Å². The molecule has 0 saturated heterocycles. The van der Waals surface area contributed by atoms with Crippen molar-refractivity contribution >= 4 is 73.7 Å². The van der Waals surface area contributed by atoms with Crippen molar-refractivity contribution in [2.75, 3.05) is 0 Å². The van der Waals surface area contributed by atoms with Gasteiger partial charge in [0.15, 0.2) is 5.78 Å². The zero-order valence-electron chi connectivity index (χ0n) is 17.7. The number of carbonyl (C=O) groups is 1. The second kappa shape index (κ2) is 6.20. The lowest BCUT2D eigenvalue weighted by atomic mass is 9.51. The highest BCUT2D eigenvalue weighted by Gasteiger charge is 2.79. The van der Waals surface area contributed by atoms with Crippen LogP contribution in [0, 0.1) is 11.8 Å². The number of halogens is 4. The van der Waals surface area contributed by atoms with Gasteiger partial charge in [0.1, 0.15) is 9.75 Å². The minimum atomic E-state index is -1.40. The van der Waals surface area contributed by atoms with Crippen molar-refractivity contribution in [2.45, 2.75) is 21.6 Å². The molecule has 166 valence electrons. The molecule has 0 aliphatic heterocycles. The van der Waals surface area contributed by atoms with Crippen LogP contribution in [-0.2, 0) is 4.79 Å². The Kier molecular flexibility index (Phi) is 3.68. The highest BCUT2D eigenvalue weighted by molar-refractivity contribution is 6.62. The molecule has 5 heteroatoms. The molecule has 1 fully saturated rings. The monoisotopic (exact) mass is 520 g/mol. The molecule has 0 radical (unpaired) electrons. The van der Waals surface area contributed by atoms with E-state index in [1.54, 1.807) is 0 Å². The molecule has 34 heavy (non-hydrogen) atoms. The van der Waals surface area contributed by atoms with Crippen molar-refractivity contribution in [3.8, 4) is 0 Å². The topological polar surface area (TPSA) is 17.1 Å². The maximum absolute atomic E-state index is 13.8. The number of hydrogen-bond donors (Lipinski definition) is 0. The van der Waals surface area contributed by atoms with E-state index < -0.39 is 9.75 Å². The second-order valence-corrected chi connectivity index (χ2v) is 12.0. The molecule has 4 aromatic rings. The van der Waals surface area contributed by atoms with Crippen LogP contribution < -0.4 is 0 Å². The first-order valence-corrected chi connectivity index (χ1v) is 12.9. The molecule has 4 unspecified atom stereocenters. The summed E-state index contributed by atoms with van der Waals surface area (Å²) in [6, 6.07) is 25.8. The van der Waals surface area contributed by atoms with E-state index in [-0.39, 0.29) is 39.5 Å². The Morgan fingerprint density at radius 3 is 1.15 bits per heavy atom. The number of benzene rings is 4. The van der Waals surface area contributed by atoms with Gasteiger partial charge in [-0.1, -0.05) is 96.0 Å². The average molecular weight is 522 g/mol. The smallest absolute Gasteiger partial charge is 0.186 e. The fourth-order valence-corrected chi connectivity index (χ4v) is 9.36. The minimum Gasteiger partial charge on any atom is -0.295 e. The summed E-state index contributed by atoms with van der Waals surface area (Å²) in [6.07, 6.45) is 0. The number of rotatable bonds is 0. The summed E-state index contributed by atoms with van der Waals surface area (Å²) in [5.74, 6) is -0.995. The summed E-state index contributed by atoms with van der Waals surface area (Å²) in [4.78, 5) is 11.0. The molecular weight excluding hydrogens is 506 g/mol. The zero-order chi connectivity index (χ0) is 23.1. The van der Waals surface area contributed by atoms with E-state index in [0.29, 0.717) is 0 Å². The Bertz CT molecular complexity index is 1470. The summed E-state index contributed by atoms with van der Waals surface area (Å²) in [7, 11) is 0. The van der Waals surface area contributed by atoms with Crippen LogP contribution in [0.4, 0.5) is 0 Å². The largest absolute Gasteiger partial charge is 0.295 e. The van der Waals surface area contributed by atoms with Crippen LogP contribution in [0.5, 0.6) is 0 Å². The van der Waals surface area contributed by atoms with Gasteiger partial charge >= 0.3 is 0 Å². The third-order valence-electron chi connectivity index (χ3n) is 8.76. The minimum absolute atomic E-state index is 0.102. The zero-order valence-corrected chi connectivity index (χ0v) is 20.7. The van der Waals surface area contributed by atoms with Gasteiger partial charge in [-0.2, -0.15) is 0 Å². The first-order valence-electron chi connectivity index (χ1n) is 11.4. The normalized spacial score (nSPS) is 34.6. The molecule has 4 bridgehead atoms. The van der Waals surface area contributed by atoms with Crippen molar-refractivity contribution in [1.29, 1.82) is 0 Å². The number of carbonyl (C=O) groups excluding carboxylic acids is 1. The predicted octanol–water partition coefficient (Wildman–Crippen LogP) is 8.06. The third-order valence-corrected chi connectivity index (χ3v) is 11.2. The van der Waals surface area contributed by atoms with E-state index in [1.807, 2.05) is 0 Å². The molecule has 4 atom stereocenters. The van der Waals surface area contributed by atoms with Crippen LogP contribution in [0.2, 0.25) is 0 Å². The van der Waals surface area contributed by atoms with Crippen LogP contribution in [0.1, 0.15) is 34.1 Å². The van der Waals surface area contributed by atoms with Crippen LogP contribution in [0.25, 0.3) is 21.5 Å². The Morgan fingerprint density at radius 2 is 0.853 bits per heavy atom. The van der Waals surface area contributed by atoms with Gasteiger partial charge < -0.3 is 0 Å². The molecule has 0 N–H and O–H groups in total. The molecule has 0 spiro atoms. The Balaban J connectivity index is 1.52. The van der Waals surface area contributed by atoms with Crippen LogP contribution in [0.3, 0.4) is 0 Å². The van der Waals surface area contributed by atoms with E-state index in [2.05, 4.69) is 72.8 Å². The number of fused-ring (bicyclic) bond motifs is 4. The van der Waals surface area contributed by atoms with Crippen molar-refractivity contribution < 1.29 is 4.79 Å². The molecule has 4 aromatic carbocycles. The second-order valence-electron chi connectivity index (χ2n) is 10.0. The van der Waals surface area contributed by atoms with Crippen molar-refractivity contribution in [2.24, 2.45) is 11.8 Å². The SMILES string of the molecule is O=C1C2(Cl)C(Cl)=C(Cl)C1(Cl)C1C3c4cc5ccccc5cc4C(c4cc5ccccc5cc43)C12. The third kappa shape index (κ3) is 2.01. The lowest BCUT2D eigenvalue weighted by Gasteiger charge is -2.54.